The van der Waals surface area contributed by atoms with Crippen molar-refractivity contribution in [1.29, 1.82) is 0 Å². The average molecular weight is 301 g/mol. The van der Waals surface area contributed by atoms with Crippen LogP contribution in [-0.4, -0.2) is 16.2 Å². The number of ether oxygens (including phenoxy) is 1. The highest BCUT2D eigenvalue weighted by Crippen LogP contribution is 2.29. The van der Waals surface area contributed by atoms with Crippen LogP contribution >= 0.6 is 11.6 Å². The Kier molecular flexibility index (Phi) is 3.84. The van der Waals surface area contributed by atoms with Gasteiger partial charge in [-0.05, 0) is 43.7 Å². The minimum absolute atomic E-state index is 0.355. The Balaban J connectivity index is 2.28. The predicted molar refractivity (Wildman–Crippen MR) is 86.5 cm³/mol. The number of aromatic nitrogens is 2. The topological polar surface area (TPSA) is 27.1 Å². The molecule has 3 nitrogen and oxygen atoms in total. The highest BCUT2D eigenvalue weighted by atomic mass is 35.5. The number of rotatable bonds is 4. The predicted octanol–water partition coefficient (Wildman–Crippen LogP) is 4.47. The SMILES string of the molecule is CCOc1cccc2c1nc(CCl)n2-c1cccc(C)c1. The van der Waals surface area contributed by atoms with E-state index in [1.54, 1.807) is 0 Å². The van der Waals surface area contributed by atoms with Crippen molar-refractivity contribution in [2.24, 2.45) is 0 Å². The summed E-state index contributed by atoms with van der Waals surface area (Å²) >= 11 is 6.10. The maximum atomic E-state index is 6.10. The lowest BCUT2D eigenvalue weighted by molar-refractivity contribution is 0.343. The summed E-state index contributed by atoms with van der Waals surface area (Å²) in [6.07, 6.45) is 0. The molecular formula is C17H17ClN2O. The first-order chi connectivity index (χ1) is 10.2. The van der Waals surface area contributed by atoms with E-state index in [0.29, 0.717) is 12.5 Å². The van der Waals surface area contributed by atoms with E-state index in [-0.39, 0.29) is 0 Å². The zero-order valence-electron chi connectivity index (χ0n) is 12.1. The third-order valence-electron chi connectivity index (χ3n) is 3.40. The molecule has 3 aromatic rings. The number of para-hydroxylation sites is 1. The van der Waals surface area contributed by atoms with E-state index in [0.717, 1.165) is 28.3 Å². The average Bonchev–Trinajstić information content (AvgIpc) is 2.87. The van der Waals surface area contributed by atoms with Crippen molar-refractivity contribution in [1.82, 2.24) is 9.55 Å². The number of aryl methyl sites for hydroxylation is 1. The molecule has 0 unspecified atom stereocenters. The monoisotopic (exact) mass is 300 g/mol. The minimum Gasteiger partial charge on any atom is -0.492 e. The number of alkyl halides is 1. The van der Waals surface area contributed by atoms with Crippen molar-refractivity contribution in [3.63, 3.8) is 0 Å². The maximum Gasteiger partial charge on any atom is 0.147 e. The number of nitrogens with zero attached hydrogens (tertiary/aromatic N) is 2. The second-order valence-electron chi connectivity index (χ2n) is 4.89. The van der Waals surface area contributed by atoms with Gasteiger partial charge in [0.25, 0.3) is 0 Å². The molecule has 108 valence electrons. The summed E-state index contributed by atoms with van der Waals surface area (Å²) in [5, 5.41) is 0. The fourth-order valence-corrected chi connectivity index (χ4v) is 2.72. The lowest BCUT2D eigenvalue weighted by Crippen LogP contribution is -1.99. The Hall–Kier alpha value is -2.00. The number of hydrogen-bond acceptors (Lipinski definition) is 2. The molecule has 4 heteroatoms. The third-order valence-corrected chi connectivity index (χ3v) is 3.64. The van der Waals surface area contributed by atoms with Gasteiger partial charge in [-0.15, -0.1) is 11.6 Å². The lowest BCUT2D eigenvalue weighted by Gasteiger charge is -2.09. The number of hydrogen-bond donors (Lipinski definition) is 0. The lowest BCUT2D eigenvalue weighted by atomic mass is 10.2. The van der Waals surface area contributed by atoms with Crippen LogP contribution in [0.5, 0.6) is 5.75 Å². The van der Waals surface area contributed by atoms with Crippen LogP contribution in [0, 0.1) is 6.92 Å². The first-order valence-electron chi connectivity index (χ1n) is 7.00. The Morgan fingerprint density at radius 1 is 1.19 bits per heavy atom. The largest absolute Gasteiger partial charge is 0.492 e. The summed E-state index contributed by atoms with van der Waals surface area (Å²) < 4.78 is 7.77. The first kappa shape index (κ1) is 14.0. The molecule has 1 aromatic heterocycles. The third kappa shape index (κ3) is 2.49. The molecule has 0 spiro atoms. The second kappa shape index (κ2) is 5.78. The van der Waals surface area contributed by atoms with E-state index >= 15 is 0 Å². The normalized spacial score (nSPS) is 11.0. The molecule has 0 saturated carbocycles. The van der Waals surface area contributed by atoms with Crippen LogP contribution < -0.4 is 4.74 Å². The smallest absolute Gasteiger partial charge is 0.147 e. The van der Waals surface area contributed by atoms with E-state index in [1.807, 2.05) is 31.2 Å². The van der Waals surface area contributed by atoms with Crippen LogP contribution in [0.4, 0.5) is 0 Å². The van der Waals surface area contributed by atoms with Crippen LogP contribution in [0.2, 0.25) is 0 Å². The fraction of sp³-hybridized carbons (Fsp3) is 0.235. The number of benzene rings is 2. The number of imidazole rings is 1. The summed E-state index contributed by atoms with van der Waals surface area (Å²) in [5.41, 5.74) is 4.15. The molecule has 1 heterocycles. The van der Waals surface area contributed by atoms with Gasteiger partial charge in [-0.25, -0.2) is 4.98 Å². The molecule has 3 rings (SSSR count). The highest BCUT2D eigenvalue weighted by molar-refractivity contribution is 6.17. The fourth-order valence-electron chi connectivity index (χ4n) is 2.54. The zero-order chi connectivity index (χ0) is 14.8. The molecule has 0 bridgehead atoms. The molecule has 2 aromatic carbocycles. The van der Waals surface area contributed by atoms with E-state index in [4.69, 9.17) is 16.3 Å². The van der Waals surface area contributed by atoms with Gasteiger partial charge in [0.15, 0.2) is 0 Å². The van der Waals surface area contributed by atoms with Crippen molar-refractivity contribution < 1.29 is 4.74 Å². The van der Waals surface area contributed by atoms with Crippen molar-refractivity contribution >= 4 is 22.6 Å². The van der Waals surface area contributed by atoms with Crippen LogP contribution in [0.1, 0.15) is 18.3 Å². The Morgan fingerprint density at radius 3 is 2.71 bits per heavy atom. The van der Waals surface area contributed by atoms with Gasteiger partial charge in [-0.1, -0.05) is 18.2 Å². The minimum atomic E-state index is 0.355. The van der Waals surface area contributed by atoms with Gasteiger partial charge in [-0.2, -0.15) is 0 Å². The standard InChI is InChI=1S/C17H17ClN2O/c1-3-21-15-9-5-8-14-17(15)19-16(11-18)20(14)13-7-4-6-12(2)10-13/h4-10H,3,11H2,1-2H3. The molecule has 0 aliphatic rings. The van der Waals surface area contributed by atoms with Crippen LogP contribution in [0.3, 0.4) is 0 Å². The molecule has 0 radical (unpaired) electrons. The number of halogens is 1. The van der Waals surface area contributed by atoms with Gasteiger partial charge in [0.05, 0.1) is 18.0 Å². The summed E-state index contributed by atoms with van der Waals surface area (Å²) in [5.74, 6) is 1.98. The number of fused-ring (bicyclic) bond motifs is 1. The Labute approximate surface area is 129 Å². The molecule has 0 aliphatic carbocycles. The summed E-state index contributed by atoms with van der Waals surface area (Å²) in [6.45, 7) is 4.67. The van der Waals surface area contributed by atoms with Gasteiger partial charge >= 0.3 is 0 Å². The molecule has 0 saturated heterocycles. The van der Waals surface area contributed by atoms with Crippen molar-refractivity contribution in [2.45, 2.75) is 19.7 Å². The molecule has 21 heavy (non-hydrogen) atoms. The van der Waals surface area contributed by atoms with Crippen LogP contribution in [0.15, 0.2) is 42.5 Å². The maximum absolute atomic E-state index is 6.10. The first-order valence-corrected chi connectivity index (χ1v) is 7.54. The Morgan fingerprint density at radius 2 is 2.00 bits per heavy atom. The summed E-state index contributed by atoms with van der Waals surface area (Å²) in [6, 6.07) is 14.3. The highest BCUT2D eigenvalue weighted by Gasteiger charge is 2.15. The zero-order valence-corrected chi connectivity index (χ0v) is 12.9. The van der Waals surface area contributed by atoms with E-state index < -0.39 is 0 Å². The van der Waals surface area contributed by atoms with Crippen LogP contribution in [-0.2, 0) is 5.88 Å². The summed E-state index contributed by atoms with van der Waals surface area (Å²) in [7, 11) is 0. The van der Waals surface area contributed by atoms with E-state index in [9.17, 15) is 0 Å². The van der Waals surface area contributed by atoms with E-state index in [2.05, 4.69) is 34.7 Å². The van der Waals surface area contributed by atoms with Crippen LogP contribution in [0.25, 0.3) is 16.7 Å². The Bertz CT molecular complexity index is 780. The van der Waals surface area contributed by atoms with Gasteiger partial charge in [0.1, 0.15) is 17.1 Å². The molecule has 0 N–H and O–H groups in total. The van der Waals surface area contributed by atoms with E-state index in [1.165, 1.54) is 5.56 Å². The van der Waals surface area contributed by atoms with Gasteiger partial charge in [0.2, 0.25) is 0 Å². The molecule has 0 fully saturated rings. The molecule has 0 aliphatic heterocycles. The summed E-state index contributed by atoms with van der Waals surface area (Å²) in [4.78, 5) is 4.66. The molecule has 0 amide bonds. The van der Waals surface area contributed by atoms with Gasteiger partial charge in [-0.3, -0.25) is 4.57 Å². The van der Waals surface area contributed by atoms with Crippen molar-refractivity contribution in [3.05, 3.63) is 53.9 Å². The van der Waals surface area contributed by atoms with Crippen molar-refractivity contribution in [3.8, 4) is 11.4 Å². The molecular weight excluding hydrogens is 284 g/mol. The quantitative estimate of drug-likeness (QED) is 0.665. The van der Waals surface area contributed by atoms with Gasteiger partial charge < -0.3 is 4.74 Å². The van der Waals surface area contributed by atoms with Crippen molar-refractivity contribution in [2.75, 3.05) is 6.61 Å². The molecule has 0 atom stereocenters. The second-order valence-corrected chi connectivity index (χ2v) is 5.16. The van der Waals surface area contributed by atoms with Gasteiger partial charge in [0, 0.05) is 5.69 Å².